The van der Waals surface area contributed by atoms with Gasteiger partial charge in [-0.1, -0.05) is 35.9 Å². The molecule has 1 aliphatic rings. The van der Waals surface area contributed by atoms with Crippen LogP contribution in [0.25, 0.3) is 10.8 Å². The maximum Gasteiger partial charge on any atom is 0.257 e. The molecule has 2 aromatic carbocycles. The van der Waals surface area contributed by atoms with Crippen LogP contribution in [-0.4, -0.2) is 42.7 Å². The highest BCUT2D eigenvalue weighted by atomic mass is 35.5. The van der Waals surface area contributed by atoms with E-state index in [-0.39, 0.29) is 17.2 Å². The number of benzene rings is 2. The molecule has 0 spiro atoms. The van der Waals surface area contributed by atoms with E-state index >= 15 is 0 Å². The van der Waals surface area contributed by atoms with Crippen LogP contribution in [0, 0.1) is 5.92 Å². The Morgan fingerprint density at radius 2 is 2.14 bits per heavy atom. The summed E-state index contributed by atoms with van der Waals surface area (Å²) >= 11 is 6.25. The summed E-state index contributed by atoms with van der Waals surface area (Å²) in [5.74, 6) is 0.114. The van der Waals surface area contributed by atoms with Gasteiger partial charge in [0.1, 0.15) is 5.75 Å². The standard InChI is InChI=1S/C17H18ClNO3/c1-19(9-11-6-7-22-10-11)17(21)14-8-15(18)12-4-2-3-5-13(12)16(14)20/h2-5,8,11,20H,6-7,9-10H2,1H3. The molecule has 1 aliphatic heterocycles. The summed E-state index contributed by atoms with van der Waals surface area (Å²) < 4.78 is 5.34. The molecule has 0 radical (unpaired) electrons. The smallest absolute Gasteiger partial charge is 0.257 e. The predicted molar refractivity (Wildman–Crippen MR) is 86.5 cm³/mol. The van der Waals surface area contributed by atoms with E-state index in [2.05, 4.69) is 0 Å². The average molecular weight is 320 g/mol. The Labute approximate surface area is 134 Å². The van der Waals surface area contributed by atoms with Crippen molar-refractivity contribution in [3.05, 3.63) is 40.9 Å². The lowest BCUT2D eigenvalue weighted by atomic mass is 10.0. The minimum Gasteiger partial charge on any atom is -0.506 e. The molecule has 1 fully saturated rings. The van der Waals surface area contributed by atoms with Crippen molar-refractivity contribution in [2.24, 2.45) is 5.92 Å². The molecule has 0 bridgehead atoms. The van der Waals surface area contributed by atoms with Crippen LogP contribution in [0.4, 0.5) is 0 Å². The summed E-state index contributed by atoms with van der Waals surface area (Å²) in [6.07, 6.45) is 0.960. The van der Waals surface area contributed by atoms with E-state index in [1.54, 1.807) is 24.1 Å². The van der Waals surface area contributed by atoms with Crippen molar-refractivity contribution in [3.63, 3.8) is 0 Å². The zero-order valence-corrected chi connectivity index (χ0v) is 13.1. The molecule has 1 unspecified atom stereocenters. The Balaban J connectivity index is 1.91. The molecule has 116 valence electrons. The van der Waals surface area contributed by atoms with Crippen molar-refractivity contribution in [2.75, 3.05) is 26.8 Å². The third-order valence-corrected chi connectivity index (χ3v) is 4.41. The summed E-state index contributed by atoms with van der Waals surface area (Å²) in [7, 11) is 1.74. The topological polar surface area (TPSA) is 49.8 Å². The summed E-state index contributed by atoms with van der Waals surface area (Å²) in [6.45, 7) is 2.05. The van der Waals surface area contributed by atoms with E-state index in [0.717, 1.165) is 18.4 Å². The molecule has 2 aromatic rings. The van der Waals surface area contributed by atoms with Gasteiger partial charge in [0.2, 0.25) is 0 Å². The lowest BCUT2D eigenvalue weighted by molar-refractivity contribution is 0.0763. The van der Waals surface area contributed by atoms with Crippen molar-refractivity contribution in [1.82, 2.24) is 4.90 Å². The van der Waals surface area contributed by atoms with Gasteiger partial charge in [-0.15, -0.1) is 0 Å². The summed E-state index contributed by atoms with van der Waals surface area (Å²) in [4.78, 5) is 14.2. The highest BCUT2D eigenvalue weighted by molar-refractivity contribution is 6.36. The van der Waals surface area contributed by atoms with Gasteiger partial charge in [0.25, 0.3) is 5.91 Å². The molecular formula is C17H18ClNO3. The van der Waals surface area contributed by atoms with Crippen molar-refractivity contribution >= 4 is 28.3 Å². The number of ether oxygens (including phenoxy) is 1. The first-order valence-electron chi connectivity index (χ1n) is 7.31. The fourth-order valence-corrected chi connectivity index (χ4v) is 3.16. The number of nitrogens with zero attached hydrogens (tertiary/aromatic N) is 1. The van der Waals surface area contributed by atoms with Gasteiger partial charge in [-0.2, -0.15) is 0 Å². The summed E-state index contributed by atoms with van der Waals surface area (Å²) in [5, 5.41) is 12.2. The maximum atomic E-state index is 12.6. The second kappa shape index (κ2) is 6.15. The molecule has 4 nitrogen and oxygen atoms in total. The first-order valence-corrected chi connectivity index (χ1v) is 7.69. The van der Waals surface area contributed by atoms with Crippen molar-refractivity contribution in [2.45, 2.75) is 6.42 Å². The lowest BCUT2D eigenvalue weighted by Crippen LogP contribution is -2.32. The van der Waals surface area contributed by atoms with Gasteiger partial charge in [0, 0.05) is 41.9 Å². The Morgan fingerprint density at radius 3 is 2.82 bits per heavy atom. The quantitative estimate of drug-likeness (QED) is 0.944. The van der Waals surface area contributed by atoms with Crippen molar-refractivity contribution < 1.29 is 14.6 Å². The molecule has 1 atom stereocenters. The van der Waals surface area contributed by atoms with Gasteiger partial charge in [0.15, 0.2) is 0 Å². The van der Waals surface area contributed by atoms with Crippen LogP contribution >= 0.6 is 11.6 Å². The molecule has 1 N–H and O–H groups in total. The van der Waals surface area contributed by atoms with Crippen LogP contribution in [0.3, 0.4) is 0 Å². The fourth-order valence-electron chi connectivity index (χ4n) is 2.88. The van der Waals surface area contributed by atoms with Gasteiger partial charge in [0.05, 0.1) is 12.2 Å². The van der Waals surface area contributed by atoms with E-state index in [1.165, 1.54) is 0 Å². The van der Waals surface area contributed by atoms with Crippen LogP contribution in [0.5, 0.6) is 5.75 Å². The number of amides is 1. The van der Waals surface area contributed by atoms with Crippen LogP contribution < -0.4 is 0 Å². The van der Waals surface area contributed by atoms with Gasteiger partial charge in [-0.3, -0.25) is 4.79 Å². The van der Waals surface area contributed by atoms with E-state index in [1.807, 2.05) is 18.2 Å². The molecule has 0 aromatic heterocycles. The minimum absolute atomic E-state index is 0.0143. The molecule has 22 heavy (non-hydrogen) atoms. The highest BCUT2D eigenvalue weighted by Crippen LogP contribution is 2.34. The fraction of sp³-hybridized carbons (Fsp3) is 0.353. The number of carbonyl (C=O) groups excluding carboxylic acids is 1. The number of phenolic OH excluding ortho intramolecular Hbond substituents is 1. The van der Waals surface area contributed by atoms with Gasteiger partial charge >= 0.3 is 0 Å². The maximum absolute atomic E-state index is 12.6. The van der Waals surface area contributed by atoms with Gasteiger partial charge < -0.3 is 14.7 Å². The molecule has 1 saturated heterocycles. The third kappa shape index (κ3) is 2.76. The van der Waals surface area contributed by atoms with Crippen LogP contribution in [0.2, 0.25) is 5.02 Å². The number of hydrogen-bond donors (Lipinski definition) is 1. The summed E-state index contributed by atoms with van der Waals surface area (Å²) in [6, 6.07) is 8.79. The number of aromatic hydroxyl groups is 1. The zero-order chi connectivity index (χ0) is 15.7. The first kappa shape index (κ1) is 15.1. The normalized spacial score (nSPS) is 17.8. The number of carbonyl (C=O) groups is 1. The molecule has 3 rings (SSSR count). The summed E-state index contributed by atoms with van der Waals surface area (Å²) in [5.41, 5.74) is 0.241. The number of phenols is 1. The Bertz CT molecular complexity index is 710. The molecule has 1 amide bonds. The second-order valence-electron chi connectivity index (χ2n) is 5.72. The van der Waals surface area contributed by atoms with E-state index < -0.39 is 0 Å². The Morgan fingerprint density at radius 1 is 1.41 bits per heavy atom. The van der Waals surface area contributed by atoms with Gasteiger partial charge in [-0.25, -0.2) is 0 Å². The van der Waals surface area contributed by atoms with E-state index in [0.29, 0.717) is 29.5 Å². The number of fused-ring (bicyclic) bond motifs is 1. The lowest BCUT2D eigenvalue weighted by Gasteiger charge is -2.21. The van der Waals surface area contributed by atoms with Gasteiger partial charge in [-0.05, 0) is 12.5 Å². The second-order valence-corrected chi connectivity index (χ2v) is 6.12. The molecule has 1 heterocycles. The van der Waals surface area contributed by atoms with Crippen molar-refractivity contribution in [3.8, 4) is 5.75 Å². The van der Waals surface area contributed by atoms with E-state index in [9.17, 15) is 9.90 Å². The number of rotatable bonds is 3. The molecule has 0 saturated carbocycles. The Hall–Kier alpha value is -1.78. The first-order chi connectivity index (χ1) is 10.6. The minimum atomic E-state index is -0.225. The molecule has 5 heteroatoms. The van der Waals surface area contributed by atoms with Crippen LogP contribution in [0.1, 0.15) is 16.8 Å². The predicted octanol–water partition coefficient (Wildman–Crippen LogP) is 3.31. The third-order valence-electron chi connectivity index (χ3n) is 4.10. The number of halogens is 1. The molecule has 0 aliphatic carbocycles. The average Bonchev–Trinajstić information content (AvgIpc) is 3.03. The Kier molecular flexibility index (Phi) is 4.23. The number of hydrogen-bond acceptors (Lipinski definition) is 3. The van der Waals surface area contributed by atoms with Crippen LogP contribution in [0.15, 0.2) is 30.3 Å². The molecular weight excluding hydrogens is 302 g/mol. The van der Waals surface area contributed by atoms with Crippen LogP contribution in [-0.2, 0) is 4.74 Å². The largest absolute Gasteiger partial charge is 0.506 e. The highest BCUT2D eigenvalue weighted by Gasteiger charge is 2.23. The zero-order valence-electron chi connectivity index (χ0n) is 12.4. The monoisotopic (exact) mass is 319 g/mol. The SMILES string of the molecule is CN(CC1CCOC1)C(=O)c1cc(Cl)c2ccccc2c1O. The van der Waals surface area contributed by atoms with Crippen molar-refractivity contribution in [1.29, 1.82) is 0 Å². The van der Waals surface area contributed by atoms with E-state index in [4.69, 9.17) is 16.3 Å².